The molecule has 0 aliphatic heterocycles. The van der Waals surface area contributed by atoms with Crippen LogP contribution in [0.3, 0.4) is 0 Å². The van der Waals surface area contributed by atoms with E-state index in [1.54, 1.807) is 0 Å². The fraction of sp³-hybridized carbons (Fsp3) is 0.333. The van der Waals surface area contributed by atoms with Crippen LogP contribution in [0.25, 0.3) is 5.53 Å². The maximum atomic E-state index is 10.4. The van der Waals surface area contributed by atoms with Crippen LogP contribution in [0, 0.1) is 0 Å². The van der Waals surface area contributed by atoms with Crippen LogP contribution in [0.4, 0.5) is 0 Å². The van der Waals surface area contributed by atoms with Crippen LogP contribution in [0.1, 0.15) is 6.92 Å². The number of carbonyl (C=O) groups is 1. The van der Waals surface area contributed by atoms with Gasteiger partial charge < -0.3 is 14.9 Å². The van der Waals surface area contributed by atoms with Crippen molar-refractivity contribution in [1.82, 2.24) is 0 Å². The third-order valence-electron chi connectivity index (χ3n) is 0.457. The van der Waals surface area contributed by atoms with Crippen molar-refractivity contribution in [2.45, 2.75) is 6.92 Å². The topological polar surface area (TPSA) is 100 Å². The van der Waals surface area contributed by atoms with Gasteiger partial charge in [-0.3, -0.25) is 4.79 Å². The van der Waals surface area contributed by atoms with E-state index in [9.17, 15) is 9.36 Å². The lowest BCUT2D eigenvalue weighted by Crippen LogP contribution is -1.96. The summed E-state index contributed by atoms with van der Waals surface area (Å²) in [7, 11) is -4.14. The highest BCUT2D eigenvalue weighted by molar-refractivity contribution is 7.68. The Balaban J connectivity index is 4.28. The van der Waals surface area contributed by atoms with Crippen molar-refractivity contribution < 1.29 is 23.6 Å². The smallest absolute Gasteiger partial charge is 0.384 e. The first-order valence-electron chi connectivity index (χ1n) is 2.19. The highest BCUT2D eigenvalue weighted by Crippen LogP contribution is 2.37. The molecular formula is C3H5N2O4P. The Hall–Kier alpha value is -0.960. The van der Waals surface area contributed by atoms with Crippen molar-refractivity contribution in [1.29, 1.82) is 0 Å². The minimum absolute atomic E-state index is 0.258. The predicted molar refractivity (Wildman–Crippen MR) is 31.3 cm³/mol. The average Bonchev–Trinajstić information content (AvgIpc) is 1.59. The van der Waals surface area contributed by atoms with Gasteiger partial charge in [0.2, 0.25) is 0 Å². The van der Waals surface area contributed by atoms with Gasteiger partial charge in [-0.05, 0) is 0 Å². The van der Waals surface area contributed by atoms with Crippen molar-refractivity contribution in [3.8, 4) is 0 Å². The van der Waals surface area contributed by atoms with Gasteiger partial charge in [0, 0.05) is 6.92 Å². The monoisotopic (exact) mass is 164 g/mol. The summed E-state index contributed by atoms with van der Waals surface area (Å²) in [6.07, 6.45) is 0. The lowest BCUT2D eigenvalue weighted by atomic mass is 10.9. The zero-order chi connectivity index (χ0) is 8.20. The Morgan fingerprint density at radius 1 is 1.90 bits per heavy atom. The van der Waals surface area contributed by atoms with Crippen LogP contribution in [0.15, 0.2) is 0 Å². The third kappa shape index (κ3) is 3.97. The summed E-state index contributed by atoms with van der Waals surface area (Å²) in [5.41, 5.74) is 7.76. The lowest BCUT2D eigenvalue weighted by Gasteiger charge is -1.98. The van der Waals surface area contributed by atoms with Crippen LogP contribution < -0.4 is 0 Å². The Kier molecular flexibility index (Phi) is 2.96. The zero-order valence-electron chi connectivity index (χ0n) is 5.09. The van der Waals surface area contributed by atoms with Crippen molar-refractivity contribution in [2.24, 2.45) is 0 Å². The van der Waals surface area contributed by atoms with Gasteiger partial charge >= 0.3 is 19.5 Å². The van der Waals surface area contributed by atoms with Crippen molar-refractivity contribution in [2.75, 3.05) is 0 Å². The zero-order valence-corrected chi connectivity index (χ0v) is 5.99. The lowest BCUT2D eigenvalue weighted by molar-refractivity contribution is -0.132. The minimum atomic E-state index is -4.14. The Labute approximate surface area is 56.6 Å². The van der Waals surface area contributed by atoms with Crippen LogP contribution in [-0.2, 0) is 13.9 Å². The van der Waals surface area contributed by atoms with E-state index in [0.717, 1.165) is 6.92 Å². The number of hydrogen-bond acceptors (Lipinski definition) is 3. The predicted octanol–water partition coefficient (Wildman–Crippen LogP) is -0.00700. The average molecular weight is 164 g/mol. The molecule has 0 radical (unpaired) electrons. The molecule has 1 N–H and O–H groups in total. The largest absolute Gasteiger partial charge is 0.483 e. The molecule has 0 fully saturated rings. The molecular weight excluding hydrogens is 159 g/mol. The normalized spacial score (nSPS) is 14.6. The van der Waals surface area contributed by atoms with E-state index in [1.165, 1.54) is 0 Å². The SMILES string of the molecule is CC(=O)OP(=O)(O)C=[N+]=[N-]. The number of nitrogens with zero attached hydrogens (tertiary/aromatic N) is 2. The van der Waals surface area contributed by atoms with Crippen LogP contribution >= 0.6 is 7.60 Å². The van der Waals surface area contributed by atoms with E-state index in [0.29, 0.717) is 0 Å². The van der Waals surface area contributed by atoms with E-state index < -0.39 is 13.6 Å². The van der Waals surface area contributed by atoms with Crippen LogP contribution in [-0.4, -0.2) is 21.6 Å². The Bertz CT molecular complexity index is 231. The van der Waals surface area contributed by atoms with Crippen molar-refractivity contribution in [3.63, 3.8) is 0 Å². The molecule has 0 bridgehead atoms. The van der Waals surface area contributed by atoms with Gasteiger partial charge in [-0.2, -0.15) is 4.79 Å². The van der Waals surface area contributed by atoms with Gasteiger partial charge in [-0.25, -0.2) is 4.57 Å². The summed E-state index contributed by atoms with van der Waals surface area (Å²) in [5.74, 6) is -0.653. The first-order chi connectivity index (χ1) is 4.48. The highest BCUT2D eigenvalue weighted by Gasteiger charge is 2.24. The maximum absolute atomic E-state index is 10.4. The third-order valence-corrected chi connectivity index (χ3v) is 1.37. The molecule has 7 heteroatoms. The molecule has 1 unspecified atom stereocenters. The molecule has 0 saturated carbocycles. The number of rotatable bonds is 2. The molecule has 0 spiro atoms. The second-order valence-electron chi connectivity index (χ2n) is 1.38. The van der Waals surface area contributed by atoms with E-state index in [-0.39, 0.29) is 5.96 Å². The fourth-order valence-corrected chi connectivity index (χ4v) is 0.819. The first-order valence-corrected chi connectivity index (χ1v) is 3.84. The molecule has 6 nitrogen and oxygen atoms in total. The first kappa shape index (κ1) is 9.04. The molecule has 0 aromatic carbocycles. The van der Waals surface area contributed by atoms with Gasteiger partial charge in [-0.1, -0.05) is 0 Å². The van der Waals surface area contributed by atoms with E-state index in [2.05, 4.69) is 9.31 Å². The summed E-state index contributed by atoms with van der Waals surface area (Å²) >= 11 is 0. The molecule has 0 aromatic rings. The van der Waals surface area contributed by atoms with Gasteiger partial charge in [0.15, 0.2) is 0 Å². The van der Waals surface area contributed by atoms with E-state index in [4.69, 9.17) is 10.4 Å². The van der Waals surface area contributed by atoms with Crippen molar-refractivity contribution in [3.05, 3.63) is 5.53 Å². The van der Waals surface area contributed by atoms with Gasteiger partial charge in [-0.15, -0.1) is 0 Å². The standard InChI is InChI=1S/C3H5N2O4P/c1-3(6)9-10(7,8)2-5-4/h2H,1H3,(H,7,8). The fourth-order valence-electron chi connectivity index (χ4n) is 0.273. The van der Waals surface area contributed by atoms with Gasteiger partial charge in [0.25, 0.3) is 0 Å². The molecule has 0 aromatic heterocycles. The minimum Gasteiger partial charge on any atom is -0.384 e. The summed E-state index contributed by atoms with van der Waals surface area (Å²) in [6, 6.07) is 0. The highest BCUT2D eigenvalue weighted by atomic mass is 31.2. The summed E-state index contributed by atoms with van der Waals surface area (Å²) < 4.78 is 14.3. The molecule has 10 heavy (non-hydrogen) atoms. The molecule has 0 amide bonds. The van der Waals surface area contributed by atoms with Gasteiger partial charge in [0.1, 0.15) is 0 Å². The molecule has 0 saturated heterocycles. The Morgan fingerprint density at radius 3 is 2.70 bits per heavy atom. The van der Waals surface area contributed by atoms with Gasteiger partial charge in [0.05, 0.1) is 0 Å². The van der Waals surface area contributed by atoms with Crippen molar-refractivity contribution >= 4 is 19.5 Å². The van der Waals surface area contributed by atoms with Crippen LogP contribution in [0.2, 0.25) is 0 Å². The molecule has 0 heterocycles. The molecule has 56 valence electrons. The molecule has 0 aliphatic rings. The summed E-state index contributed by atoms with van der Waals surface area (Å²) in [6.45, 7) is 0.966. The van der Waals surface area contributed by atoms with E-state index >= 15 is 0 Å². The second kappa shape index (κ2) is 3.27. The molecule has 0 rings (SSSR count). The second-order valence-corrected chi connectivity index (χ2v) is 2.92. The van der Waals surface area contributed by atoms with E-state index in [1.807, 2.05) is 0 Å². The quantitative estimate of drug-likeness (QED) is 0.268. The molecule has 0 aliphatic carbocycles. The summed E-state index contributed by atoms with van der Waals surface area (Å²) in [5, 5.41) is 0. The number of carbonyl (C=O) groups excluding carboxylic acids is 1. The Morgan fingerprint density at radius 2 is 2.40 bits per heavy atom. The maximum Gasteiger partial charge on any atom is 0.483 e. The summed E-state index contributed by atoms with van der Waals surface area (Å²) in [4.78, 5) is 20.8. The van der Waals surface area contributed by atoms with Crippen LogP contribution in [0.5, 0.6) is 0 Å². The number of hydrogen-bond donors (Lipinski definition) is 1. The molecule has 1 atom stereocenters.